The average Bonchev–Trinajstić information content (AvgIpc) is 2.35. The van der Waals surface area contributed by atoms with Gasteiger partial charge < -0.3 is 16.6 Å². The Labute approximate surface area is 113 Å². The van der Waals surface area contributed by atoms with Crippen LogP contribution in [0.25, 0.3) is 10.8 Å². The summed E-state index contributed by atoms with van der Waals surface area (Å²) in [4.78, 5) is 0. The van der Waals surface area contributed by atoms with E-state index in [1.54, 1.807) is 6.07 Å². The Morgan fingerprint density at radius 2 is 1.83 bits per heavy atom. The zero-order valence-corrected chi connectivity index (χ0v) is 11.0. The van der Waals surface area contributed by atoms with E-state index in [1.807, 2.05) is 30.3 Å². The summed E-state index contributed by atoms with van der Waals surface area (Å²) in [6.07, 6.45) is 1.65. The van der Waals surface area contributed by atoms with Crippen LogP contribution in [0.5, 0.6) is 5.75 Å². The van der Waals surface area contributed by atoms with E-state index in [4.69, 9.17) is 11.5 Å². The molecule has 0 bridgehead atoms. The van der Waals surface area contributed by atoms with E-state index in [2.05, 4.69) is 0 Å². The van der Waals surface area contributed by atoms with Gasteiger partial charge in [0.1, 0.15) is 5.75 Å². The Morgan fingerprint density at radius 1 is 1.11 bits per heavy atom. The van der Waals surface area contributed by atoms with Crippen molar-refractivity contribution in [2.75, 3.05) is 6.54 Å². The van der Waals surface area contributed by atoms with Crippen LogP contribution in [-0.4, -0.2) is 11.7 Å². The van der Waals surface area contributed by atoms with Crippen LogP contribution in [0.3, 0.4) is 0 Å². The van der Waals surface area contributed by atoms with Crippen molar-refractivity contribution in [3.05, 3.63) is 42.0 Å². The standard InChI is InChI=1S/C14H18N2O.ClH/c15-9-3-6-12(16)14-11-5-2-1-4-10(11)7-8-13(14)17;/h1-2,4-5,7-8,12,17H,3,6,9,15-16H2;1H/t12-;/m0./s1. The van der Waals surface area contributed by atoms with Crippen molar-refractivity contribution in [1.29, 1.82) is 0 Å². The largest absolute Gasteiger partial charge is 0.508 e. The third-order valence-corrected chi connectivity index (χ3v) is 3.04. The van der Waals surface area contributed by atoms with Gasteiger partial charge in [-0.2, -0.15) is 0 Å². The van der Waals surface area contributed by atoms with Crippen molar-refractivity contribution in [3.8, 4) is 5.75 Å². The number of hydrogen-bond donors (Lipinski definition) is 3. The molecular weight excluding hydrogens is 248 g/mol. The molecule has 0 heterocycles. The van der Waals surface area contributed by atoms with E-state index in [1.165, 1.54) is 0 Å². The van der Waals surface area contributed by atoms with Crippen molar-refractivity contribution in [1.82, 2.24) is 0 Å². The molecule has 0 radical (unpaired) electrons. The lowest BCUT2D eigenvalue weighted by molar-refractivity contribution is 0.459. The maximum atomic E-state index is 9.97. The Kier molecular flexibility index (Phi) is 5.41. The fraction of sp³-hybridized carbons (Fsp3) is 0.286. The number of fused-ring (bicyclic) bond motifs is 1. The minimum atomic E-state index is -0.162. The molecule has 4 heteroatoms. The normalized spacial score (nSPS) is 12.1. The van der Waals surface area contributed by atoms with Crippen molar-refractivity contribution in [2.45, 2.75) is 18.9 Å². The molecule has 2 aromatic rings. The summed E-state index contributed by atoms with van der Waals surface area (Å²) in [5, 5.41) is 12.1. The monoisotopic (exact) mass is 266 g/mol. The molecule has 2 aromatic carbocycles. The summed E-state index contributed by atoms with van der Waals surface area (Å²) in [6.45, 7) is 0.624. The second-order valence-electron chi connectivity index (χ2n) is 4.26. The van der Waals surface area contributed by atoms with Crippen molar-refractivity contribution in [3.63, 3.8) is 0 Å². The summed E-state index contributed by atoms with van der Waals surface area (Å²) in [5.74, 6) is 0.272. The number of halogens is 1. The van der Waals surface area contributed by atoms with Crippen LogP contribution in [-0.2, 0) is 0 Å². The Morgan fingerprint density at radius 3 is 2.56 bits per heavy atom. The van der Waals surface area contributed by atoms with Gasteiger partial charge in [-0.3, -0.25) is 0 Å². The van der Waals surface area contributed by atoms with Crippen molar-refractivity contribution >= 4 is 23.2 Å². The molecule has 0 aliphatic heterocycles. The molecule has 0 amide bonds. The highest BCUT2D eigenvalue weighted by atomic mass is 35.5. The first-order valence-corrected chi connectivity index (χ1v) is 5.90. The van der Waals surface area contributed by atoms with Crippen LogP contribution in [0, 0.1) is 0 Å². The zero-order valence-electron chi connectivity index (χ0n) is 10.2. The first kappa shape index (κ1) is 14.8. The van der Waals surface area contributed by atoms with Crippen LogP contribution in [0.1, 0.15) is 24.4 Å². The van der Waals surface area contributed by atoms with E-state index in [0.717, 1.165) is 29.2 Å². The predicted molar refractivity (Wildman–Crippen MR) is 78.1 cm³/mol. The van der Waals surface area contributed by atoms with Crippen molar-refractivity contribution < 1.29 is 5.11 Å². The maximum absolute atomic E-state index is 9.97. The molecule has 0 saturated heterocycles. The van der Waals surface area contributed by atoms with Gasteiger partial charge in [-0.25, -0.2) is 0 Å². The fourth-order valence-corrected chi connectivity index (χ4v) is 2.16. The Hall–Kier alpha value is -1.29. The summed E-state index contributed by atoms with van der Waals surface area (Å²) in [5.41, 5.74) is 12.5. The minimum Gasteiger partial charge on any atom is -0.508 e. The molecule has 18 heavy (non-hydrogen) atoms. The number of hydrogen-bond acceptors (Lipinski definition) is 3. The predicted octanol–water partition coefficient (Wildman–Crippen LogP) is 2.71. The van der Waals surface area contributed by atoms with Crippen LogP contribution in [0.2, 0.25) is 0 Å². The van der Waals surface area contributed by atoms with E-state index in [9.17, 15) is 5.11 Å². The van der Waals surface area contributed by atoms with Gasteiger partial charge in [0.05, 0.1) is 0 Å². The highest BCUT2D eigenvalue weighted by molar-refractivity contribution is 5.88. The third-order valence-electron chi connectivity index (χ3n) is 3.04. The zero-order chi connectivity index (χ0) is 12.3. The molecule has 5 N–H and O–H groups in total. The molecule has 1 atom stereocenters. The van der Waals surface area contributed by atoms with Gasteiger partial charge in [0.25, 0.3) is 0 Å². The number of benzene rings is 2. The summed E-state index contributed by atoms with van der Waals surface area (Å²) < 4.78 is 0. The summed E-state index contributed by atoms with van der Waals surface area (Å²) in [6, 6.07) is 11.4. The lowest BCUT2D eigenvalue weighted by Gasteiger charge is -2.16. The minimum absolute atomic E-state index is 0. The van der Waals surface area contributed by atoms with Crippen LogP contribution in [0.15, 0.2) is 36.4 Å². The molecule has 98 valence electrons. The van der Waals surface area contributed by atoms with Gasteiger partial charge >= 0.3 is 0 Å². The SMILES string of the molecule is Cl.NCCC[C@H](N)c1c(O)ccc2ccccc12. The van der Waals surface area contributed by atoms with Gasteiger partial charge in [0.15, 0.2) is 0 Å². The fourth-order valence-electron chi connectivity index (χ4n) is 2.16. The first-order chi connectivity index (χ1) is 8.24. The molecular formula is C14H19ClN2O. The molecule has 0 spiro atoms. The van der Waals surface area contributed by atoms with Crippen molar-refractivity contribution in [2.24, 2.45) is 11.5 Å². The third kappa shape index (κ3) is 2.93. The molecule has 0 aliphatic rings. The topological polar surface area (TPSA) is 72.3 Å². The summed E-state index contributed by atoms with van der Waals surface area (Å²) >= 11 is 0. The van der Waals surface area contributed by atoms with Gasteiger partial charge in [-0.15, -0.1) is 12.4 Å². The average molecular weight is 267 g/mol. The van der Waals surface area contributed by atoms with Crippen LogP contribution < -0.4 is 11.5 Å². The number of rotatable bonds is 4. The molecule has 0 fully saturated rings. The Bertz CT molecular complexity index is 516. The molecule has 2 rings (SSSR count). The second kappa shape index (κ2) is 6.59. The van der Waals surface area contributed by atoms with Gasteiger partial charge in [-0.1, -0.05) is 30.3 Å². The quantitative estimate of drug-likeness (QED) is 0.797. The number of aromatic hydroxyl groups is 1. The smallest absolute Gasteiger partial charge is 0.120 e. The van der Waals surface area contributed by atoms with E-state index < -0.39 is 0 Å². The van der Waals surface area contributed by atoms with Gasteiger partial charge in [0, 0.05) is 11.6 Å². The second-order valence-corrected chi connectivity index (χ2v) is 4.26. The van der Waals surface area contributed by atoms with Crippen LogP contribution in [0.4, 0.5) is 0 Å². The van der Waals surface area contributed by atoms with E-state index in [-0.39, 0.29) is 24.2 Å². The van der Waals surface area contributed by atoms with E-state index in [0.29, 0.717) is 6.54 Å². The van der Waals surface area contributed by atoms with Gasteiger partial charge in [-0.05, 0) is 36.2 Å². The Balaban J connectivity index is 0.00000162. The first-order valence-electron chi connectivity index (χ1n) is 5.90. The lowest BCUT2D eigenvalue weighted by Crippen LogP contribution is -2.13. The molecule has 0 unspecified atom stereocenters. The lowest BCUT2D eigenvalue weighted by atomic mass is 9.95. The maximum Gasteiger partial charge on any atom is 0.120 e. The number of nitrogens with two attached hydrogens (primary N) is 2. The van der Waals surface area contributed by atoms with E-state index >= 15 is 0 Å². The molecule has 3 nitrogen and oxygen atoms in total. The molecule has 0 aliphatic carbocycles. The molecule has 0 aromatic heterocycles. The molecule has 0 saturated carbocycles. The highest BCUT2D eigenvalue weighted by Crippen LogP contribution is 2.32. The van der Waals surface area contributed by atoms with Crippen LogP contribution >= 0.6 is 12.4 Å². The number of phenolic OH excluding ortho intramolecular Hbond substituents is 1. The summed E-state index contributed by atoms with van der Waals surface area (Å²) in [7, 11) is 0. The van der Waals surface area contributed by atoms with Gasteiger partial charge in [0.2, 0.25) is 0 Å². The number of phenols is 1. The highest BCUT2D eigenvalue weighted by Gasteiger charge is 2.13.